The highest BCUT2D eigenvalue weighted by Crippen LogP contribution is 2.18. The SMILES string of the molecule is NC(=O)CCC(NC(=O)C(CC(N)=O)NC(=O)C(N)Cc1c[nH]c2ccccc12)C(=O)NC(CC(N)=O)C(=O)O. The van der Waals surface area contributed by atoms with E-state index in [1.54, 1.807) is 6.20 Å². The number of benzene rings is 1. The number of H-pyrrole nitrogens is 1. The van der Waals surface area contributed by atoms with Crippen molar-refractivity contribution >= 4 is 52.3 Å². The van der Waals surface area contributed by atoms with E-state index in [9.17, 15) is 38.7 Å². The fourth-order valence-electron chi connectivity index (χ4n) is 3.82. The van der Waals surface area contributed by atoms with Crippen LogP contribution < -0.4 is 38.9 Å². The zero-order chi connectivity index (χ0) is 30.0. The Balaban J connectivity index is 2.16. The molecular formula is C24H32N8O8. The van der Waals surface area contributed by atoms with Crippen molar-refractivity contribution in [3.8, 4) is 0 Å². The average Bonchev–Trinajstić information content (AvgIpc) is 3.27. The van der Waals surface area contributed by atoms with Crippen molar-refractivity contribution in [1.29, 1.82) is 0 Å². The molecular weight excluding hydrogens is 528 g/mol. The van der Waals surface area contributed by atoms with Gasteiger partial charge in [-0.25, -0.2) is 4.79 Å². The summed E-state index contributed by atoms with van der Waals surface area (Å²) in [6.45, 7) is 0. The number of amides is 6. The third-order valence-electron chi connectivity index (χ3n) is 5.82. The quantitative estimate of drug-likeness (QED) is 0.0986. The zero-order valence-corrected chi connectivity index (χ0v) is 21.3. The van der Waals surface area contributed by atoms with Gasteiger partial charge in [0.15, 0.2) is 0 Å². The van der Waals surface area contributed by atoms with Gasteiger partial charge in [-0.2, -0.15) is 0 Å². The van der Waals surface area contributed by atoms with Crippen molar-refractivity contribution < 1.29 is 38.7 Å². The van der Waals surface area contributed by atoms with E-state index in [1.807, 2.05) is 29.6 Å². The van der Waals surface area contributed by atoms with Crippen molar-refractivity contribution in [2.75, 3.05) is 0 Å². The number of aromatic amines is 1. The van der Waals surface area contributed by atoms with Crippen LogP contribution in [-0.2, 0) is 40.0 Å². The standard InChI is InChI=1S/C24H32N8O8/c25-13(7-11-10-29-14-4-2-1-3-12(11)14)21(36)31-16(8-19(27)34)23(38)30-15(5-6-18(26)33)22(37)32-17(24(39)40)9-20(28)35/h1-4,10,13,15-17,29H,5-9,25H2,(H2,26,33)(H2,27,34)(H2,28,35)(H,30,38)(H,31,36)(H,32,37)(H,39,40). The Kier molecular flexibility index (Phi) is 11.1. The van der Waals surface area contributed by atoms with Gasteiger partial charge in [-0.05, 0) is 24.5 Å². The number of carbonyl (C=O) groups excluding carboxylic acids is 6. The normalized spacial score (nSPS) is 13.8. The van der Waals surface area contributed by atoms with Gasteiger partial charge in [-0.15, -0.1) is 0 Å². The molecule has 2 rings (SSSR count). The lowest BCUT2D eigenvalue weighted by molar-refractivity contribution is -0.144. The molecule has 1 aromatic heterocycles. The van der Waals surface area contributed by atoms with Crippen LogP contribution in [0.25, 0.3) is 10.9 Å². The minimum atomic E-state index is -1.72. The molecule has 0 saturated carbocycles. The Morgan fingerprint density at radius 3 is 1.93 bits per heavy atom. The number of carboxylic acid groups (broad SMARTS) is 1. The Hall–Kier alpha value is -4.99. The lowest BCUT2D eigenvalue weighted by Crippen LogP contribution is -2.58. The first kappa shape index (κ1) is 31.2. The second-order valence-electron chi connectivity index (χ2n) is 9.04. The molecule has 4 atom stereocenters. The Bertz CT molecular complexity index is 1290. The van der Waals surface area contributed by atoms with Gasteiger partial charge in [-0.1, -0.05) is 18.2 Å². The monoisotopic (exact) mass is 560 g/mol. The highest BCUT2D eigenvalue weighted by molar-refractivity contribution is 5.97. The maximum Gasteiger partial charge on any atom is 0.326 e. The smallest absolute Gasteiger partial charge is 0.326 e. The molecule has 0 radical (unpaired) electrons. The number of hydrogen-bond donors (Lipinski definition) is 9. The average molecular weight is 561 g/mol. The first-order valence-corrected chi connectivity index (χ1v) is 12.1. The molecule has 1 heterocycles. The van der Waals surface area contributed by atoms with E-state index < -0.39 is 84.8 Å². The summed E-state index contributed by atoms with van der Waals surface area (Å²) in [5, 5.41) is 16.7. The Labute approximate surface area is 227 Å². The third-order valence-corrected chi connectivity index (χ3v) is 5.82. The maximum absolute atomic E-state index is 13.0. The summed E-state index contributed by atoms with van der Waals surface area (Å²) < 4.78 is 0. The molecule has 0 aliphatic rings. The van der Waals surface area contributed by atoms with Crippen LogP contribution in [0.5, 0.6) is 0 Å². The van der Waals surface area contributed by atoms with Crippen LogP contribution in [0.1, 0.15) is 31.2 Å². The van der Waals surface area contributed by atoms with Crippen molar-refractivity contribution in [3.05, 3.63) is 36.0 Å². The molecule has 16 heteroatoms. The molecule has 1 aromatic carbocycles. The number of rotatable bonds is 16. The summed E-state index contributed by atoms with van der Waals surface area (Å²) in [7, 11) is 0. The van der Waals surface area contributed by atoms with Crippen molar-refractivity contribution in [2.24, 2.45) is 22.9 Å². The summed E-state index contributed by atoms with van der Waals surface area (Å²) in [5.41, 5.74) is 23.0. The fraction of sp³-hybridized carbons (Fsp3) is 0.375. The first-order chi connectivity index (χ1) is 18.8. The number of aromatic nitrogens is 1. The lowest BCUT2D eigenvalue weighted by Gasteiger charge is -2.24. The molecule has 0 fully saturated rings. The van der Waals surface area contributed by atoms with E-state index in [1.165, 1.54) is 0 Å². The van der Waals surface area contributed by atoms with Crippen molar-refractivity contribution in [2.45, 2.75) is 56.3 Å². The number of carboxylic acids is 1. The van der Waals surface area contributed by atoms with Crippen molar-refractivity contribution in [1.82, 2.24) is 20.9 Å². The summed E-state index contributed by atoms with van der Waals surface area (Å²) >= 11 is 0. The van der Waals surface area contributed by atoms with Crippen LogP contribution >= 0.6 is 0 Å². The van der Waals surface area contributed by atoms with Crippen LogP contribution in [0.3, 0.4) is 0 Å². The fourth-order valence-corrected chi connectivity index (χ4v) is 3.82. The zero-order valence-electron chi connectivity index (χ0n) is 21.3. The second kappa shape index (κ2) is 14.2. The molecule has 0 spiro atoms. The number of primary amides is 3. The second-order valence-corrected chi connectivity index (χ2v) is 9.04. The predicted molar refractivity (Wildman–Crippen MR) is 139 cm³/mol. The summed E-state index contributed by atoms with van der Waals surface area (Å²) in [5.74, 6) is -7.30. The largest absolute Gasteiger partial charge is 0.480 e. The van der Waals surface area contributed by atoms with Crippen LogP contribution in [0.2, 0.25) is 0 Å². The topological polar surface area (TPSA) is 296 Å². The summed E-state index contributed by atoms with van der Waals surface area (Å²) in [4.78, 5) is 87.1. The molecule has 6 amide bonds. The molecule has 0 aliphatic carbocycles. The number of nitrogens with one attached hydrogen (secondary N) is 4. The molecule has 0 aliphatic heterocycles. The van der Waals surface area contributed by atoms with Crippen molar-refractivity contribution in [3.63, 3.8) is 0 Å². The highest BCUT2D eigenvalue weighted by atomic mass is 16.4. The number of para-hydroxylation sites is 1. The minimum Gasteiger partial charge on any atom is -0.480 e. The van der Waals surface area contributed by atoms with Gasteiger partial charge in [0.2, 0.25) is 35.4 Å². The van der Waals surface area contributed by atoms with E-state index in [0.29, 0.717) is 0 Å². The molecule has 2 aromatic rings. The lowest BCUT2D eigenvalue weighted by atomic mass is 10.0. The highest BCUT2D eigenvalue weighted by Gasteiger charge is 2.32. The number of nitrogens with two attached hydrogens (primary N) is 4. The molecule has 216 valence electrons. The van der Waals surface area contributed by atoms with Gasteiger partial charge in [-0.3, -0.25) is 28.8 Å². The van der Waals surface area contributed by atoms with E-state index in [-0.39, 0.29) is 12.8 Å². The molecule has 0 bridgehead atoms. The number of aliphatic carboxylic acids is 1. The number of carbonyl (C=O) groups is 7. The molecule has 13 N–H and O–H groups in total. The van der Waals surface area contributed by atoms with E-state index in [4.69, 9.17) is 22.9 Å². The van der Waals surface area contributed by atoms with Crippen LogP contribution in [0.15, 0.2) is 30.5 Å². The Morgan fingerprint density at radius 2 is 1.32 bits per heavy atom. The molecule has 40 heavy (non-hydrogen) atoms. The van der Waals surface area contributed by atoms with Gasteiger partial charge < -0.3 is 49.0 Å². The van der Waals surface area contributed by atoms with Gasteiger partial charge in [0.05, 0.1) is 18.9 Å². The first-order valence-electron chi connectivity index (χ1n) is 12.1. The van der Waals surface area contributed by atoms with E-state index in [2.05, 4.69) is 15.6 Å². The molecule has 4 unspecified atom stereocenters. The van der Waals surface area contributed by atoms with Gasteiger partial charge in [0.1, 0.15) is 18.1 Å². The maximum atomic E-state index is 13.0. The van der Waals surface area contributed by atoms with Crippen LogP contribution in [0.4, 0.5) is 0 Å². The third kappa shape index (κ3) is 9.39. The van der Waals surface area contributed by atoms with Gasteiger partial charge in [0, 0.05) is 23.5 Å². The van der Waals surface area contributed by atoms with Gasteiger partial charge in [0.25, 0.3) is 0 Å². The number of fused-ring (bicyclic) bond motifs is 1. The summed E-state index contributed by atoms with van der Waals surface area (Å²) in [6.07, 6.45) is -0.397. The summed E-state index contributed by atoms with van der Waals surface area (Å²) in [6, 6.07) is 1.36. The van der Waals surface area contributed by atoms with Crippen LogP contribution in [-0.4, -0.2) is 75.7 Å². The van der Waals surface area contributed by atoms with E-state index >= 15 is 0 Å². The molecule has 0 saturated heterocycles. The Morgan fingerprint density at radius 1 is 0.775 bits per heavy atom. The predicted octanol–water partition coefficient (Wildman–Crippen LogP) is -3.41. The van der Waals surface area contributed by atoms with Crippen LogP contribution in [0, 0.1) is 0 Å². The number of hydrogen-bond acceptors (Lipinski definition) is 8. The van der Waals surface area contributed by atoms with Gasteiger partial charge >= 0.3 is 5.97 Å². The van der Waals surface area contributed by atoms with E-state index in [0.717, 1.165) is 16.5 Å². The molecule has 16 nitrogen and oxygen atoms in total. The minimum absolute atomic E-state index is 0.0842.